The Labute approximate surface area is 239 Å². The Morgan fingerprint density at radius 2 is 1.75 bits per heavy atom. The summed E-state index contributed by atoms with van der Waals surface area (Å²) in [5.41, 5.74) is 8.15. The van der Waals surface area contributed by atoms with Gasteiger partial charge in [-0.3, -0.25) is 14.5 Å². The van der Waals surface area contributed by atoms with Crippen LogP contribution in [0.15, 0.2) is 65.1 Å². The van der Waals surface area contributed by atoms with Crippen molar-refractivity contribution in [1.82, 2.24) is 0 Å². The van der Waals surface area contributed by atoms with Crippen LogP contribution in [0.25, 0.3) is 0 Å². The first kappa shape index (κ1) is 27.8. The molecule has 1 atom stereocenters. The van der Waals surface area contributed by atoms with Crippen LogP contribution in [0.3, 0.4) is 0 Å². The second-order valence-electron chi connectivity index (χ2n) is 11.2. The van der Waals surface area contributed by atoms with Crippen LogP contribution in [0, 0.1) is 5.41 Å². The van der Waals surface area contributed by atoms with Gasteiger partial charge in [0.15, 0.2) is 5.78 Å². The smallest absolute Gasteiger partial charge is 0.339 e. The molecule has 0 fully saturated rings. The molecule has 0 saturated heterocycles. The number of carbonyl (C=O) groups excluding carboxylic acids is 3. The van der Waals surface area contributed by atoms with Crippen molar-refractivity contribution in [2.45, 2.75) is 52.9 Å². The van der Waals surface area contributed by atoms with Gasteiger partial charge in [-0.15, -0.1) is 0 Å². The monoisotopic (exact) mass is 562 g/mol. The second-order valence-corrected chi connectivity index (χ2v) is 11.6. The number of ether oxygens (including phenoxy) is 1. The predicted molar refractivity (Wildman–Crippen MR) is 157 cm³/mol. The molecule has 2 aromatic rings. The van der Waals surface area contributed by atoms with Gasteiger partial charge in [-0.05, 0) is 75.1 Å². The molecule has 1 unspecified atom stereocenters. The molecule has 3 N–H and O–H groups in total. The average molecular weight is 563 g/mol. The lowest BCUT2D eigenvalue weighted by atomic mass is 9.60. The highest BCUT2D eigenvalue weighted by atomic mass is 35.5. The number of fused-ring (bicyclic) bond motifs is 3. The Hall–Kier alpha value is -3.78. The summed E-state index contributed by atoms with van der Waals surface area (Å²) in [6, 6.07) is 12.8. The Morgan fingerprint density at radius 1 is 1.07 bits per heavy atom. The molecule has 0 saturated carbocycles. The van der Waals surface area contributed by atoms with Gasteiger partial charge >= 0.3 is 5.97 Å². The van der Waals surface area contributed by atoms with Crippen LogP contribution in [0.2, 0.25) is 5.02 Å². The number of nitrogens with one attached hydrogen (secondary N) is 1. The van der Waals surface area contributed by atoms with Crippen molar-refractivity contribution in [3.8, 4) is 0 Å². The molecule has 40 heavy (non-hydrogen) atoms. The minimum absolute atomic E-state index is 0.0567. The van der Waals surface area contributed by atoms with Gasteiger partial charge in [-0.25, -0.2) is 4.79 Å². The van der Waals surface area contributed by atoms with E-state index in [4.69, 9.17) is 22.1 Å². The number of carbonyl (C=O) groups is 3. The summed E-state index contributed by atoms with van der Waals surface area (Å²) < 4.78 is 5.49. The van der Waals surface area contributed by atoms with Gasteiger partial charge in [0, 0.05) is 58.4 Å². The number of halogens is 1. The number of hydrogen-bond donors (Lipinski definition) is 2. The van der Waals surface area contributed by atoms with E-state index in [1.165, 1.54) is 0 Å². The summed E-state index contributed by atoms with van der Waals surface area (Å²) in [7, 11) is 0. The fourth-order valence-electron chi connectivity index (χ4n) is 6.41. The molecule has 8 nitrogen and oxygen atoms in total. The summed E-state index contributed by atoms with van der Waals surface area (Å²) in [4.78, 5) is 46.0. The maximum Gasteiger partial charge on any atom is 0.339 e. The molecular formula is C31H35ClN4O4. The molecule has 1 aliphatic carbocycles. The standard InChI is InChI=1S/C31H35ClN4O4/c1-6-35(7-2)19-10-12-20(13-11-19)36-23-16-30(4,5)17-24(37)25(23)31(26(27(36)33)28(38)40-8-3)21-15-18(32)9-14-22(21)34-29(31)39/h9-15H,6-8,16-17,33H2,1-5H3,(H,34,39). The zero-order valence-corrected chi connectivity index (χ0v) is 24.3. The first-order chi connectivity index (χ1) is 19.0. The molecule has 1 amide bonds. The van der Waals surface area contributed by atoms with Crippen LogP contribution < -0.4 is 20.9 Å². The third-order valence-electron chi connectivity index (χ3n) is 8.06. The summed E-state index contributed by atoms with van der Waals surface area (Å²) in [5, 5.41) is 3.26. The highest BCUT2D eigenvalue weighted by molar-refractivity contribution is 6.31. The summed E-state index contributed by atoms with van der Waals surface area (Å²) in [6.45, 7) is 11.7. The van der Waals surface area contributed by atoms with Crippen molar-refractivity contribution in [2.24, 2.45) is 11.1 Å². The highest BCUT2D eigenvalue weighted by Gasteiger charge is 2.63. The van der Waals surface area contributed by atoms with E-state index in [0.29, 0.717) is 34.1 Å². The molecule has 1 spiro atoms. The molecule has 0 bridgehead atoms. The largest absolute Gasteiger partial charge is 0.462 e. The lowest BCUT2D eigenvalue weighted by Crippen LogP contribution is -2.54. The van der Waals surface area contributed by atoms with Gasteiger partial charge < -0.3 is 20.7 Å². The number of esters is 1. The van der Waals surface area contributed by atoms with Crippen molar-refractivity contribution in [1.29, 1.82) is 0 Å². The fourth-order valence-corrected chi connectivity index (χ4v) is 6.58. The van der Waals surface area contributed by atoms with Crippen LogP contribution in [-0.2, 0) is 24.5 Å². The number of rotatable bonds is 6. The van der Waals surface area contributed by atoms with Crippen LogP contribution in [0.1, 0.15) is 53.0 Å². The van der Waals surface area contributed by atoms with Crippen molar-refractivity contribution >= 4 is 46.3 Å². The second kappa shape index (κ2) is 10.0. The summed E-state index contributed by atoms with van der Waals surface area (Å²) in [6.07, 6.45) is 0.676. The number of nitrogens with two attached hydrogens (primary N) is 1. The zero-order valence-electron chi connectivity index (χ0n) is 23.6. The van der Waals surface area contributed by atoms with E-state index in [1.807, 2.05) is 38.1 Å². The Bertz CT molecular complexity index is 1470. The Kier molecular flexibility index (Phi) is 6.94. The zero-order chi connectivity index (χ0) is 29.0. The molecular weight excluding hydrogens is 528 g/mol. The molecule has 9 heteroatoms. The maximum atomic E-state index is 14.2. The maximum absolute atomic E-state index is 14.2. The first-order valence-corrected chi connectivity index (χ1v) is 14.1. The predicted octanol–water partition coefficient (Wildman–Crippen LogP) is 5.27. The van der Waals surface area contributed by atoms with Crippen molar-refractivity contribution in [2.75, 3.05) is 34.8 Å². The van der Waals surface area contributed by atoms with Gasteiger partial charge in [0.2, 0.25) is 5.91 Å². The summed E-state index contributed by atoms with van der Waals surface area (Å²) in [5.74, 6) is -1.43. The van der Waals surface area contributed by atoms with Crippen molar-refractivity contribution < 1.29 is 19.1 Å². The first-order valence-electron chi connectivity index (χ1n) is 13.7. The number of allylic oxidation sites excluding steroid dienone is 1. The molecule has 5 rings (SSSR count). The number of Topliss-reactive ketones (excluding diaryl/α,β-unsaturated/α-hetero) is 1. The minimum atomic E-state index is -1.78. The van der Waals surface area contributed by atoms with E-state index in [9.17, 15) is 14.4 Å². The highest BCUT2D eigenvalue weighted by Crippen LogP contribution is 2.57. The van der Waals surface area contributed by atoms with Gasteiger partial charge in [0.05, 0.1) is 6.61 Å². The van der Waals surface area contributed by atoms with E-state index in [2.05, 4.69) is 24.1 Å². The molecule has 2 aromatic carbocycles. The van der Waals surface area contributed by atoms with Crippen LogP contribution in [-0.4, -0.2) is 37.4 Å². The van der Waals surface area contributed by atoms with E-state index < -0.39 is 22.7 Å². The molecule has 0 radical (unpaired) electrons. The lowest BCUT2D eigenvalue weighted by Gasteiger charge is -2.47. The van der Waals surface area contributed by atoms with Gasteiger partial charge in [-0.1, -0.05) is 25.4 Å². The Morgan fingerprint density at radius 3 is 2.38 bits per heavy atom. The average Bonchev–Trinajstić information content (AvgIpc) is 3.16. The van der Waals surface area contributed by atoms with E-state index >= 15 is 0 Å². The van der Waals surface area contributed by atoms with E-state index in [1.54, 1.807) is 30.0 Å². The van der Waals surface area contributed by atoms with Crippen molar-refractivity contribution in [3.05, 3.63) is 75.7 Å². The quantitative estimate of drug-likeness (QED) is 0.462. The number of nitrogens with zero attached hydrogens (tertiary/aromatic N) is 2. The number of benzene rings is 2. The molecule has 2 aliphatic heterocycles. The van der Waals surface area contributed by atoms with Crippen LogP contribution in [0.4, 0.5) is 17.1 Å². The molecule has 2 heterocycles. The Balaban J connectivity index is 1.84. The fraction of sp³-hybridized carbons (Fsp3) is 0.387. The lowest BCUT2D eigenvalue weighted by molar-refractivity contribution is -0.140. The molecule has 210 valence electrons. The third-order valence-corrected chi connectivity index (χ3v) is 8.30. The van der Waals surface area contributed by atoms with Gasteiger partial charge in [-0.2, -0.15) is 0 Å². The van der Waals surface area contributed by atoms with Crippen LogP contribution in [0.5, 0.6) is 0 Å². The number of hydrogen-bond acceptors (Lipinski definition) is 7. The minimum Gasteiger partial charge on any atom is -0.462 e. The summed E-state index contributed by atoms with van der Waals surface area (Å²) >= 11 is 6.43. The van der Waals surface area contributed by atoms with Gasteiger partial charge in [0.25, 0.3) is 0 Å². The normalized spacial score (nSPS) is 21.4. The molecule has 0 aromatic heterocycles. The third kappa shape index (κ3) is 4.08. The van der Waals surface area contributed by atoms with Crippen LogP contribution >= 0.6 is 11.6 Å². The van der Waals surface area contributed by atoms with Crippen molar-refractivity contribution in [3.63, 3.8) is 0 Å². The van der Waals surface area contributed by atoms with Gasteiger partial charge in [0.1, 0.15) is 16.8 Å². The molecule has 3 aliphatic rings. The van der Waals surface area contributed by atoms with E-state index in [-0.39, 0.29) is 35.8 Å². The number of ketones is 1. The van der Waals surface area contributed by atoms with E-state index in [0.717, 1.165) is 18.8 Å². The number of anilines is 3. The SMILES string of the molecule is CCOC(=O)C1=C(N)N(c2ccc(N(CC)CC)cc2)C2=C(C(=O)CC(C)(C)C2)C12C(=O)Nc1ccc(Cl)cc12. The topological polar surface area (TPSA) is 105 Å². The number of amides is 1.